The number of aromatic nitrogens is 1. The van der Waals surface area contributed by atoms with Crippen LogP contribution in [0.2, 0.25) is 0 Å². The number of benzene rings is 1. The Morgan fingerprint density at radius 2 is 1.87 bits per heavy atom. The normalized spacial score (nSPS) is 10.5. The number of hydrogen-bond donors (Lipinski definition) is 1. The number of pyridine rings is 1. The number of hydrogen-bond acceptors (Lipinski definition) is 3. The lowest BCUT2D eigenvalue weighted by Gasteiger charge is -2.06. The standard InChI is InChI=1S/C18H15BrN2O2/c19-15-6-3-13(4-7-15)10-18(22)21-12-14-5-8-16(20-11-14)17-2-1-9-23-17/h1-9,11H,10,12H2,(H,21,22). The van der Waals surface area contributed by atoms with Gasteiger partial charge in [0.05, 0.1) is 12.7 Å². The third kappa shape index (κ3) is 4.29. The van der Waals surface area contributed by atoms with E-state index in [-0.39, 0.29) is 5.91 Å². The van der Waals surface area contributed by atoms with Crippen molar-refractivity contribution in [3.05, 3.63) is 76.6 Å². The molecule has 0 saturated heterocycles. The first-order valence-corrected chi connectivity index (χ1v) is 8.00. The van der Waals surface area contributed by atoms with Crippen LogP contribution in [0, 0.1) is 0 Å². The highest BCUT2D eigenvalue weighted by molar-refractivity contribution is 9.10. The third-order valence-corrected chi connectivity index (χ3v) is 3.89. The molecule has 0 aliphatic rings. The zero-order chi connectivity index (χ0) is 16.1. The topological polar surface area (TPSA) is 55.1 Å². The highest BCUT2D eigenvalue weighted by atomic mass is 79.9. The maximum atomic E-state index is 12.0. The Morgan fingerprint density at radius 3 is 2.52 bits per heavy atom. The maximum absolute atomic E-state index is 12.0. The van der Waals surface area contributed by atoms with E-state index < -0.39 is 0 Å². The highest BCUT2D eigenvalue weighted by Crippen LogP contribution is 2.17. The molecule has 23 heavy (non-hydrogen) atoms. The highest BCUT2D eigenvalue weighted by Gasteiger charge is 2.05. The van der Waals surface area contributed by atoms with Crippen LogP contribution in [0.25, 0.3) is 11.5 Å². The van der Waals surface area contributed by atoms with Crippen LogP contribution in [0.4, 0.5) is 0 Å². The fourth-order valence-corrected chi connectivity index (χ4v) is 2.41. The molecular formula is C18H15BrN2O2. The lowest BCUT2D eigenvalue weighted by molar-refractivity contribution is -0.120. The second kappa shape index (κ2) is 7.24. The summed E-state index contributed by atoms with van der Waals surface area (Å²) >= 11 is 3.38. The monoisotopic (exact) mass is 370 g/mol. The Hall–Kier alpha value is -2.40. The van der Waals surface area contributed by atoms with Gasteiger partial charge in [0.15, 0.2) is 5.76 Å². The molecule has 0 unspecified atom stereocenters. The zero-order valence-electron chi connectivity index (χ0n) is 12.3. The van der Waals surface area contributed by atoms with Gasteiger partial charge < -0.3 is 9.73 Å². The molecule has 5 heteroatoms. The van der Waals surface area contributed by atoms with Gasteiger partial charge in [-0.1, -0.05) is 34.1 Å². The molecule has 0 fully saturated rings. The van der Waals surface area contributed by atoms with E-state index in [0.717, 1.165) is 27.1 Å². The lowest BCUT2D eigenvalue weighted by Crippen LogP contribution is -2.24. The Labute approximate surface area is 142 Å². The molecule has 2 heterocycles. The number of halogens is 1. The first-order chi connectivity index (χ1) is 11.2. The van der Waals surface area contributed by atoms with Crippen molar-refractivity contribution in [3.8, 4) is 11.5 Å². The molecule has 0 aliphatic carbocycles. The smallest absolute Gasteiger partial charge is 0.224 e. The summed E-state index contributed by atoms with van der Waals surface area (Å²) in [5.74, 6) is 0.721. The molecule has 116 valence electrons. The van der Waals surface area contributed by atoms with Crippen molar-refractivity contribution in [1.29, 1.82) is 0 Å². The van der Waals surface area contributed by atoms with E-state index in [1.807, 2.05) is 48.5 Å². The molecular weight excluding hydrogens is 356 g/mol. The van der Waals surface area contributed by atoms with Gasteiger partial charge in [0, 0.05) is 17.2 Å². The molecule has 0 saturated carbocycles. The van der Waals surface area contributed by atoms with Crippen molar-refractivity contribution in [3.63, 3.8) is 0 Å². The number of rotatable bonds is 5. The summed E-state index contributed by atoms with van der Waals surface area (Å²) in [6.45, 7) is 0.459. The fourth-order valence-electron chi connectivity index (χ4n) is 2.15. The van der Waals surface area contributed by atoms with Gasteiger partial charge in [-0.15, -0.1) is 0 Å². The van der Waals surface area contributed by atoms with Crippen LogP contribution in [0.1, 0.15) is 11.1 Å². The van der Waals surface area contributed by atoms with Gasteiger partial charge in [-0.05, 0) is 41.5 Å². The van der Waals surface area contributed by atoms with Crippen molar-refractivity contribution in [2.45, 2.75) is 13.0 Å². The van der Waals surface area contributed by atoms with Crippen LogP contribution < -0.4 is 5.32 Å². The number of nitrogens with zero attached hydrogens (tertiary/aromatic N) is 1. The van der Waals surface area contributed by atoms with Crippen LogP contribution in [0.3, 0.4) is 0 Å². The van der Waals surface area contributed by atoms with Gasteiger partial charge >= 0.3 is 0 Å². The van der Waals surface area contributed by atoms with E-state index in [0.29, 0.717) is 13.0 Å². The molecule has 1 amide bonds. The molecule has 0 aliphatic heterocycles. The second-order valence-corrected chi connectivity index (χ2v) is 6.02. The summed E-state index contributed by atoms with van der Waals surface area (Å²) in [5, 5.41) is 2.90. The lowest BCUT2D eigenvalue weighted by atomic mass is 10.1. The van der Waals surface area contributed by atoms with E-state index in [1.165, 1.54) is 0 Å². The van der Waals surface area contributed by atoms with Crippen LogP contribution in [-0.4, -0.2) is 10.9 Å². The van der Waals surface area contributed by atoms with Crippen molar-refractivity contribution in [2.75, 3.05) is 0 Å². The Bertz CT molecular complexity index is 766. The summed E-state index contributed by atoms with van der Waals surface area (Å²) in [7, 11) is 0. The summed E-state index contributed by atoms with van der Waals surface area (Å²) < 4.78 is 6.30. The molecule has 0 bridgehead atoms. The minimum absolute atomic E-state index is 0.0116. The first kappa shape index (κ1) is 15.5. The van der Waals surface area contributed by atoms with E-state index in [4.69, 9.17) is 4.42 Å². The number of carbonyl (C=O) groups is 1. The second-order valence-electron chi connectivity index (χ2n) is 5.11. The van der Waals surface area contributed by atoms with Crippen LogP contribution >= 0.6 is 15.9 Å². The van der Waals surface area contributed by atoms with Gasteiger partial charge in [0.25, 0.3) is 0 Å². The van der Waals surface area contributed by atoms with Crippen LogP contribution in [-0.2, 0) is 17.8 Å². The molecule has 1 aromatic carbocycles. The zero-order valence-corrected chi connectivity index (χ0v) is 13.9. The third-order valence-electron chi connectivity index (χ3n) is 3.37. The van der Waals surface area contributed by atoms with Gasteiger partial charge in [-0.3, -0.25) is 9.78 Å². The van der Waals surface area contributed by atoms with Gasteiger partial charge in [0.2, 0.25) is 5.91 Å². The summed E-state index contributed by atoms with van der Waals surface area (Å²) in [5.41, 5.74) is 2.71. The van der Waals surface area contributed by atoms with E-state index >= 15 is 0 Å². The average Bonchev–Trinajstić information content (AvgIpc) is 3.10. The summed E-state index contributed by atoms with van der Waals surface area (Å²) in [6.07, 6.45) is 3.73. The quantitative estimate of drug-likeness (QED) is 0.739. The summed E-state index contributed by atoms with van der Waals surface area (Å²) in [4.78, 5) is 16.3. The molecule has 1 N–H and O–H groups in total. The maximum Gasteiger partial charge on any atom is 0.224 e. The molecule has 2 aromatic heterocycles. The van der Waals surface area contributed by atoms with E-state index in [1.54, 1.807) is 12.5 Å². The number of furan rings is 1. The van der Waals surface area contributed by atoms with Gasteiger partial charge in [-0.2, -0.15) is 0 Å². The number of nitrogens with one attached hydrogen (secondary N) is 1. The Morgan fingerprint density at radius 1 is 1.09 bits per heavy atom. The molecule has 3 aromatic rings. The predicted octanol–water partition coefficient (Wildman–Crippen LogP) is 3.96. The Kier molecular flexibility index (Phi) is 4.88. The van der Waals surface area contributed by atoms with Crippen LogP contribution in [0.5, 0.6) is 0 Å². The molecule has 0 spiro atoms. The van der Waals surface area contributed by atoms with Crippen molar-refractivity contribution >= 4 is 21.8 Å². The fraction of sp³-hybridized carbons (Fsp3) is 0.111. The largest absolute Gasteiger partial charge is 0.463 e. The molecule has 0 atom stereocenters. The minimum atomic E-state index is -0.0116. The number of carbonyl (C=O) groups excluding carboxylic acids is 1. The molecule has 3 rings (SSSR count). The van der Waals surface area contributed by atoms with Crippen LogP contribution in [0.15, 0.2) is 69.9 Å². The number of amides is 1. The van der Waals surface area contributed by atoms with Gasteiger partial charge in [-0.25, -0.2) is 0 Å². The first-order valence-electron chi connectivity index (χ1n) is 7.21. The molecule has 4 nitrogen and oxygen atoms in total. The van der Waals surface area contributed by atoms with Crippen molar-refractivity contribution in [1.82, 2.24) is 10.3 Å². The van der Waals surface area contributed by atoms with E-state index in [2.05, 4.69) is 26.2 Å². The van der Waals surface area contributed by atoms with E-state index in [9.17, 15) is 4.79 Å². The minimum Gasteiger partial charge on any atom is -0.463 e. The summed E-state index contributed by atoms with van der Waals surface area (Å²) in [6, 6.07) is 15.2. The average molecular weight is 371 g/mol. The Balaban J connectivity index is 1.53. The SMILES string of the molecule is O=C(Cc1ccc(Br)cc1)NCc1ccc(-c2ccco2)nc1. The predicted molar refractivity (Wildman–Crippen MR) is 91.6 cm³/mol. The van der Waals surface area contributed by atoms with Crippen molar-refractivity contribution < 1.29 is 9.21 Å². The van der Waals surface area contributed by atoms with Gasteiger partial charge in [0.1, 0.15) is 5.69 Å². The van der Waals surface area contributed by atoms with Crippen molar-refractivity contribution in [2.24, 2.45) is 0 Å². The molecule has 0 radical (unpaired) electrons.